The molecule has 0 saturated carbocycles. The SMILES string of the molecule is CCN(CC)CC.Nc1nc(N)c2ncn(COC(CO)CO)c2n1. The van der Waals surface area contributed by atoms with Gasteiger partial charge in [0.05, 0.1) is 19.5 Å². The monoisotopic (exact) mass is 355 g/mol. The van der Waals surface area contributed by atoms with Crippen molar-refractivity contribution in [3.8, 4) is 0 Å². The van der Waals surface area contributed by atoms with E-state index in [4.69, 9.17) is 26.4 Å². The van der Waals surface area contributed by atoms with E-state index in [1.807, 2.05) is 0 Å². The molecule has 0 atom stereocenters. The normalized spacial score (nSPS) is 11.2. The fraction of sp³-hybridized carbons (Fsp3) is 0.667. The Morgan fingerprint density at radius 3 is 2.20 bits per heavy atom. The van der Waals surface area contributed by atoms with Gasteiger partial charge in [0.25, 0.3) is 0 Å². The number of anilines is 2. The van der Waals surface area contributed by atoms with E-state index >= 15 is 0 Å². The molecular formula is C15H29N7O3. The molecule has 0 bridgehead atoms. The molecule has 10 heteroatoms. The number of aromatic nitrogens is 4. The van der Waals surface area contributed by atoms with E-state index in [1.54, 1.807) is 4.57 Å². The maximum absolute atomic E-state index is 8.88. The van der Waals surface area contributed by atoms with Crippen LogP contribution in [0.3, 0.4) is 0 Å². The third-order valence-electron chi connectivity index (χ3n) is 3.71. The van der Waals surface area contributed by atoms with Crippen LogP contribution in [0.2, 0.25) is 0 Å². The lowest BCUT2D eigenvalue weighted by Gasteiger charge is -2.13. The summed E-state index contributed by atoms with van der Waals surface area (Å²) in [5.41, 5.74) is 12.0. The summed E-state index contributed by atoms with van der Waals surface area (Å²) in [7, 11) is 0. The van der Waals surface area contributed by atoms with E-state index in [0.29, 0.717) is 11.2 Å². The summed E-state index contributed by atoms with van der Waals surface area (Å²) in [6.07, 6.45) is 0.819. The Morgan fingerprint density at radius 2 is 1.72 bits per heavy atom. The van der Waals surface area contributed by atoms with Gasteiger partial charge in [-0.15, -0.1) is 0 Å². The number of ether oxygens (including phenoxy) is 1. The molecule has 142 valence electrons. The van der Waals surface area contributed by atoms with Crippen molar-refractivity contribution in [2.24, 2.45) is 0 Å². The first-order chi connectivity index (χ1) is 12.0. The molecule has 2 heterocycles. The minimum atomic E-state index is -0.654. The zero-order chi connectivity index (χ0) is 18.8. The van der Waals surface area contributed by atoms with E-state index in [2.05, 4.69) is 40.6 Å². The fourth-order valence-corrected chi connectivity index (χ4v) is 2.10. The fourth-order valence-electron chi connectivity index (χ4n) is 2.10. The van der Waals surface area contributed by atoms with Crippen LogP contribution in [0.4, 0.5) is 11.8 Å². The number of nitrogens with zero attached hydrogens (tertiary/aromatic N) is 5. The number of hydrogen-bond acceptors (Lipinski definition) is 9. The molecule has 10 nitrogen and oxygen atoms in total. The summed E-state index contributed by atoms with van der Waals surface area (Å²) in [6.45, 7) is 9.64. The van der Waals surface area contributed by atoms with Crippen LogP contribution in [0.1, 0.15) is 20.8 Å². The first kappa shape index (κ1) is 21.0. The molecule has 0 amide bonds. The molecule has 0 radical (unpaired) electrons. The van der Waals surface area contributed by atoms with Gasteiger partial charge in [-0.05, 0) is 19.6 Å². The smallest absolute Gasteiger partial charge is 0.224 e. The van der Waals surface area contributed by atoms with Gasteiger partial charge in [-0.2, -0.15) is 9.97 Å². The number of nitrogens with two attached hydrogens (primary N) is 2. The largest absolute Gasteiger partial charge is 0.394 e. The zero-order valence-electron chi connectivity index (χ0n) is 15.1. The summed E-state index contributed by atoms with van der Waals surface area (Å²) in [6, 6.07) is 0. The maximum Gasteiger partial charge on any atom is 0.224 e. The standard InChI is InChI=1S/C9H14N6O3.C6H15N/c10-7-6-8(14-9(11)13-7)15(3-12-6)4-18-5(1-16)2-17;1-4-7(5-2)6-3/h3,5,16-17H,1-2,4H2,(H4,10,11,13,14);4-6H2,1-3H3. The highest BCUT2D eigenvalue weighted by atomic mass is 16.5. The summed E-state index contributed by atoms with van der Waals surface area (Å²) in [5, 5.41) is 17.8. The molecular weight excluding hydrogens is 326 g/mol. The molecule has 0 aromatic carbocycles. The van der Waals surface area contributed by atoms with Gasteiger partial charge in [0, 0.05) is 0 Å². The van der Waals surface area contributed by atoms with Gasteiger partial charge in [-0.25, -0.2) is 4.98 Å². The summed E-state index contributed by atoms with van der Waals surface area (Å²) >= 11 is 0. The first-order valence-corrected chi connectivity index (χ1v) is 8.29. The van der Waals surface area contributed by atoms with E-state index in [1.165, 1.54) is 26.0 Å². The molecule has 0 aliphatic carbocycles. The first-order valence-electron chi connectivity index (χ1n) is 8.29. The summed E-state index contributed by atoms with van der Waals surface area (Å²) < 4.78 is 6.81. The Bertz CT molecular complexity index is 621. The molecule has 0 saturated heterocycles. The van der Waals surface area contributed by atoms with Crippen LogP contribution in [0.15, 0.2) is 6.33 Å². The molecule has 25 heavy (non-hydrogen) atoms. The average molecular weight is 355 g/mol. The van der Waals surface area contributed by atoms with Crippen molar-refractivity contribution < 1.29 is 14.9 Å². The minimum absolute atomic E-state index is 0.0441. The molecule has 0 spiro atoms. The van der Waals surface area contributed by atoms with Gasteiger partial charge in [0.15, 0.2) is 11.5 Å². The van der Waals surface area contributed by atoms with Gasteiger partial charge in [-0.1, -0.05) is 20.8 Å². The topological polar surface area (TPSA) is 149 Å². The van der Waals surface area contributed by atoms with Gasteiger partial charge in [0.1, 0.15) is 18.4 Å². The predicted molar refractivity (Wildman–Crippen MR) is 96.7 cm³/mol. The number of fused-ring (bicyclic) bond motifs is 1. The highest BCUT2D eigenvalue weighted by molar-refractivity contribution is 5.82. The zero-order valence-corrected chi connectivity index (χ0v) is 15.1. The van der Waals surface area contributed by atoms with Crippen molar-refractivity contribution in [1.82, 2.24) is 24.4 Å². The van der Waals surface area contributed by atoms with Crippen LogP contribution >= 0.6 is 0 Å². The molecule has 2 aromatic heterocycles. The average Bonchev–Trinajstić information content (AvgIpc) is 3.01. The van der Waals surface area contributed by atoms with Crippen LogP contribution in [0, 0.1) is 0 Å². The number of nitrogen functional groups attached to an aromatic ring is 2. The molecule has 6 N–H and O–H groups in total. The van der Waals surface area contributed by atoms with Crippen LogP contribution in [0.25, 0.3) is 11.2 Å². The van der Waals surface area contributed by atoms with Crippen molar-refractivity contribution in [2.45, 2.75) is 33.6 Å². The van der Waals surface area contributed by atoms with Crippen molar-refractivity contribution >= 4 is 22.9 Å². The van der Waals surface area contributed by atoms with E-state index < -0.39 is 6.10 Å². The molecule has 0 aliphatic heterocycles. The third kappa shape index (κ3) is 6.09. The summed E-state index contributed by atoms with van der Waals surface area (Å²) in [5.74, 6) is 0.236. The lowest BCUT2D eigenvalue weighted by atomic mass is 10.4. The molecule has 0 fully saturated rings. The van der Waals surface area contributed by atoms with Gasteiger partial charge in [-0.3, -0.25) is 4.57 Å². The number of aliphatic hydroxyl groups is 2. The van der Waals surface area contributed by atoms with Crippen LogP contribution in [0.5, 0.6) is 0 Å². The minimum Gasteiger partial charge on any atom is -0.394 e. The Labute approximate surface area is 147 Å². The van der Waals surface area contributed by atoms with Crippen molar-refractivity contribution in [3.05, 3.63) is 6.33 Å². The van der Waals surface area contributed by atoms with Gasteiger partial charge in [0.2, 0.25) is 5.95 Å². The van der Waals surface area contributed by atoms with Crippen LogP contribution < -0.4 is 11.5 Å². The molecule has 2 rings (SSSR count). The third-order valence-corrected chi connectivity index (χ3v) is 3.71. The Hall–Kier alpha value is -2.01. The van der Waals surface area contributed by atoms with Gasteiger partial charge >= 0.3 is 0 Å². The Balaban J connectivity index is 0.000000381. The second kappa shape index (κ2) is 10.8. The van der Waals surface area contributed by atoms with Gasteiger partial charge < -0.3 is 31.3 Å². The maximum atomic E-state index is 8.88. The van der Waals surface area contributed by atoms with Crippen molar-refractivity contribution in [1.29, 1.82) is 0 Å². The Kier molecular flexibility index (Phi) is 9.06. The van der Waals surface area contributed by atoms with E-state index in [0.717, 1.165) is 0 Å². The molecule has 0 unspecified atom stereocenters. The second-order valence-electron chi connectivity index (χ2n) is 5.26. The van der Waals surface area contributed by atoms with Crippen molar-refractivity contribution in [2.75, 3.05) is 44.3 Å². The quantitative estimate of drug-likeness (QED) is 0.499. The number of imidazole rings is 1. The highest BCUT2D eigenvalue weighted by Gasteiger charge is 2.12. The molecule has 2 aromatic rings. The predicted octanol–water partition coefficient (Wildman–Crippen LogP) is -0.334. The van der Waals surface area contributed by atoms with Crippen LogP contribution in [-0.2, 0) is 11.5 Å². The lowest BCUT2D eigenvalue weighted by Crippen LogP contribution is -2.23. The number of hydrogen-bond donors (Lipinski definition) is 4. The summed E-state index contributed by atoms with van der Waals surface area (Å²) in [4.78, 5) is 14.2. The van der Waals surface area contributed by atoms with Crippen LogP contribution in [-0.4, -0.2) is 73.6 Å². The van der Waals surface area contributed by atoms with E-state index in [9.17, 15) is 0 Å². The second-order valence-corrected chi connectivity index (χ2v) is 5.26. The number of aliphatic hydroxyl groups excluding tert-OH is 2. The number of rotatable bonds is 8. The lowest BCUT2D eigenvalue weighted by molar-refractivity contribution is -0.0488. The van der Waals surface area contributed by atoms with Crippen molar-refractivity contribution in [3.63, 3.8) is 0 Å². The van der Waals surface area contributed by atoms with E-state index in [-0.39, 0.29) is 31.7 Å². The highest BCUT2D eigenvalue weighted by Crippen LogP contribution is 2.16. The Morgan fingerprint density at radius 1 is 1.12 bits per heavy atom. The molecule has 0 aliphatic rings.